The summed E-state index contributed by atoms with van der Waals surface area (Å²) < 4.78 is 0. The Labute approximate surface area is 108 Å². The lowest BCUT2D eigenvalue weighted by molar-refractivity contribution is 0.635. The van der Waals surface area contributed by atoms with Crippen LogP contribution in [0.2, 0.25) is 0 Å². The number of hydrogen-bond acceptors (Lipinski definition) is 3. The molecule has 0 saturated carbocycles. The number of hydrazine groups is 1. The minimum Gasteiger partial charge on any atom is -0.271 e. The van der Waals surface area contributed by atoms with E-state index in [2.05, 4.69) is 48.5 Å². The summed E-state index contributed by atoms with van der Waals surface area (Å²) >= 11 is 0. The predicted molar refractivity (Wildman–Crippen MR) is 73.9 cm³/mol. The summed E-state index contributed by atoms with van der Waals surface area (Å²) in [4.78, 5) is 4.02. The predicted octanol–water partition coefficient (Wildman–Crippen LogP) is 2.76. The average molecular weight is 241 g/mol. The van der Waals surface area contributed by atoms with Crippen molar-refractivity contribution in [2.45, 2.75) is 25.8 Å². The molecule has 94 valence electrons. The summed E-state index contributed by atoms with van der Waals surface area (Å²) in [7, 11) is 0. The van der Waals surface area contributed by atoms with Crippen molar-refractivity contribution < 1.29 is 0 Å². The van der Waals surface area contributed by atoms with E-state index in [1.807, 2.05) is 12.1 Å². The van der Waals surface area contributed by atoms with Crippen LogP contribution in [-0.2, 0) is 0 Å². The monoisotopic (exact) mass is 241 g/mol. The van der Waals surface area contributed by atoms with Gasteiger partial charge in [-0.25, -0.2) is 5.43 Å². The van der Waals surface area contributed by atoms with E-state index in [-0.39, 0.29) is 6.04 Å². The quantitative estimate of drug-likeness (QED) is 0.639. The zero-order valence-electron chi connectivity index (χ0n) is 10.8. The number of aromatic nitrogens is 1. The van der Waals surface area contributed by atoms with Gasteiger partial charge in [-0.1, -0.05) is 38.1 Å². The lowest BCUT2D eigenvalue weighted by Crippen LogP contribution is -2.28. The van der Waals surface area contributed by atoms with E-state index in [0.717, 1.165) is 11.1 Å². The standard InChI is InChI=1S/C15H19N3/c1-11(2)12-3-5-13(6-4-12)15(18-16)14-7-9-17-10-8-14/h3-11,15,18H,16H2,1-2H3. The Morgan fingerprint density at radius 2 is 1.39 bits per heavy atom. The van der Waals surface area contributed by atoms with E-state index in [9.17, 15) is 0 Å². The van der Waals surface area contributed by atoms with Gasteiger partial charge < -0.3 is 0 Å². The molecule has 2 rings (SSSR count). The average Bonchev–Trinajstić information content (AvgIpc) is 2.41. The molecule has 0 aliphatic rings. The Balaban J connectivity index is 2.28. The van der Waals surface area contributed by atoms with Gasteiger partial charge in [0, 0.05) is 12.4 Å². The molecule has 0 aliphatic carbocycles. The number of hydrogen-bond donors (Lipinski definition) is 2. The molecule has 18 heavy (non-hydrogen) atoms. The summed E-state index contributed by atoms with van der Waals surface area (Å²) in [6, 6.07) is 12.5. The molecular formula is C15H19N3. The molecule has 0 radical (unpaired) electrons. The third-order valence-corrected chi connectivity index (χ3v) is 3.14. The molecule has 1 aromatic carbocycles. The normalized spacial score (nSPS) is 12.7. The highest BCUT2D eigenvalue weighted by Crippen LogP contribution is 2.23. The van der Waals surface area contributed by atoms with Crippen molar-refractivity contribution in [1.82, 2.24) is 10.4 Å². The van der Waals surface area contributed by atoms with Crippen LogP contribution < -0.4 is 11.3 Å². The highest BCUT2D eigenvalue weighted by Gasteiger charge is 2.12. The second-order valence-corrected chi connectivity index (χ2v) is 4.70. The molecule has 3 N–H and O–H groups in total. The molecule has 1 aromatic heterocycles. The molecule has 0 saturated heterocycles. The number of nitrogens with zero attached hydrogens (tertiary/aromatic N) is 1. The largest absolute Gasteiger partial charge is 0.271 e. The fourth-order valence-corrected chi connectivity index (χ4v) is 2.01. The number of nitrogens with one attached hydrogen (secondary N) is 1. The Hall–Kier alpha value is -1.71. The molecule has 0 aliphatic heterocycles. The highest BCUT2D eigenvalue weighted by atomic mass is 15.2. The van der Waals surface area contributed by atoms with E-state index in [4.69, 9.17) is 5.84 Å². The van der Waals surface area contributed by atoms with Crippen molar-refractivity contribution in [2.24, 2.45) is 5.84 Å². The minimum atomic E-state index is 0.00853. The first-order valence-corrected chi connectivity index (χ1v) is 6.18. The SMILES string of the molecule is CC(C)c1ccc(C(NN)c2ccncc2)cc1. The maximum atomic E-state index is 5.66. The molecule has 1 unspecified atom stereocenters. The van der Waals surface area contributed by atoms with Crippen molar-refractivity contribution in [2.75, 3.05) is 0 Å². The van der Waals surface area contributed by atoms with Gasteiger partial charge in [-0.3, -0.25) is 10.8 Å². The molecule has 1 atom stereocenters. The summed E-state index contributed by atoms with van der Waals surface area (Å²) in [6.07, 6.45) is 3.56. The topological polar surface area (TPSA) is 50.9 Å². The van der Waals surface area contributed by atoms with Crippen molar-refractivity contribution in [3.05, 3.63) is 65.5 Å². The van der Waals surface area contributed by atoms with E-state index in [1.165, 1.54) is 5.56 Å². The lowest BCUT2D eigenvalue weighted by Gasteiger charge is -2.17. The molecule has 0 fully saturated rings. The fraction of sp³-hybridized carbons (Fsp3) is 0.267. The van der Waals surface area contributed by atoms with Crippen LogP contribution in [-0.4, -0.2) is 4.98 Å². The highest BCUT2D eigenvalue weighted by molar-refractivity contribution is 5.33. The second-order valence-electron chi connectivity index (χ2n) is 4.70. The van der Waals surface area contributed by atoms with E-state index in [0.29, 0.717) is 5.92 Å². The lowest BCUT2D eigenvalue weighted by atomic mass is 9.96. The molecule has 1 heterocycles. The number of rotatable bonds is 4. The van der Waals surface area contributed by atoms with Crippen LogP contribution in [0.25, 0.3) is 0 Å². The van der Waals surface area contributed by atoms with Gasteiger partial charge in [0.2, 0.25) is 0 Å². The fourth-order valence-electron chi connectivity index (χ4n) is 2.01. The second kappa shape index (κ2) is 5.76. The van der Waals surface area contributed by atoms with Crippen molar-refractivity contribution in [3.8, 4) is 0 Å². The first-order valence-electron chi connectivity index (χ1n) is 6.18. The van der Waals surface area contributed by atoms with Crippen LogP contribution >= 0.6 is 0 Å². The van der Waals surface area contributed by atoms with E-state index in [1.54, 1.807) is 12.4 Å². The molecule has 0 spiro atoms. The number of nitrogens with two attached hydrogens (primary N) is 1. The maximum absolute atomic E-state index is 5.66. The van der Waals surface area contributed by atoms with Gasteiger partial charge in [0.15, 0.2) is 0 Å². The third kappa shape index (κ3) is 2.75. The van der Waals surface area contributed by atoms with Gasteiger partial charge >= 0.3 is 0 Å². The Morgan fingerprint density at radius 1 is 0.889 bits per heavy atom. The summed E-state index contributed by atoms with van der Waals surface area (Å²) in [5, 5.41) is 0. The maximum Gasteiger partial charge on any atom is 0.0711 e. The first kappa shape index (κ1) is 12.7. The smallest absolute Gasteiger partial charge is 0.0711 e. The van der Waals surface area contributed by atoms with E-state index >= 15 is 0 Å². The summed E-state index contributed by atoms with van der Waals surface area (Å²) in [6.45, 7) is 4.38. The van der Waals surface area contributed by atoms with Gasteiger partial charge in [-0.2, -0.15) is 0 Å². The summed E-state index contributed by atoms with van der Waals surface area (Å²) in [5.74, 6) is 6.21. The van der Waals surface area contributed by atoms with Crippen molar-refractivity contribution in [3.63, 3.8) is 0 Å². The molecule has 3 heteroatoms. The molecule has 0 amide bonds. The minimum absolute atomic E-state index is 0.00853. The third-order valence-electron chi connectivity index (χ3n) is 3.14. The van der Waals surface area contributed by atoms with Gasteiger partial charge in [-0.05, 0) is 34.7 Å². The van der Waals surface area contributed by atoms with Crippen LogP contribution in [0.1, 0.15) is 42.5 Å². The Bertz CT molecular complexity index is 477. The van der Waals surface area contributed by atoms with Crippen LogP contribution in [0.3, 0.4) is 0 Å². The van der Waals surface area contributed by atoms with Crippen LogP contribution in [0.5, 0.6) is 0 Å². The van der Waals surface area contributed by atoms with Gasteiger partial charge in [0.25, 0.3) is 0 Å². The van der Waals surface area contributed by atoms with Gasteiger partial charge in [-0.15, -0.1) is 0 Å². The van der Waals surface area contributed by atoms with Crippen LogP contribution in [0.15, 0.2) is 48.8 Å². The number of benzene rings is 1. The number of pyridine rings is 1. The van der Waals surface area contributed by atoms with Crippen LogP contribution in [0, 0.1) is 0 Å². The molecular weight excluding hydrogens is 222 g/mol. The first-order chi connectivity index (χ1) is 8.72. The Kier molecular flexibility index (Phi) is 4.07. The zero-order chi connectivity index (χ0) is 13.0. The summed E-state index contributed by atoms with van der Waals surface area (Å²) in [5.41, 5.74) is 6.47. The Morgan fingerprint density at radius 3 is 1.89 bits per heavy atom. The molecule has 2 aromatic rings. The van der Waals surface area contributed by atoms with Crippen LogP contribution in [0.4, 0.5) is 0 Å². The van der Waals surface area contributed by atoms with Crippen molar-refractivity contribution >= 4 is 0 Å². The van der Waals surface area contributed by atoms with E-state index < -0.39 is 0 Å². The molecule has 3 nitrogen and oxygen atoms in total. The molecule has 0 bridgehead atoms. The zero-order valence-corrected chi connectivity index (χ0v) is 10.8. The van der Waals surface area contributed by atoms with Crippen molar-refractivity contribution in [1.29, 1.82) is 0 Å². The van der Waals surface area contributed by atoms with Gasteiger partial charge in [0.1, 0.15) is 0 Å². The van der Waals surface area contributed by atoms with Gasteiger partial charge in [0.05, 0.1) is 6.04 Å².